The molecule has 178 valence electrons. The van der Waals surface area contributed by atoms with Gasteiger partial charge in [0, 0.05) is 41.6 Å². The fourth-order valence-corrected chi connectivity index (χ4v) is 4.70. The number of rotatable bonds is 9. The molecule has 0 aliphatic rings. The molecule has 0 aliphatic carbocycles. The first-order valence-electron chi connectivity index (χ1n) is 11.3. The maximum absolute atomic E-state index is 11.0. The third-order valence-electron chi connectivity index (χ3n) is 5.63. The highest BCUT2D eigenvalue weighted by Crippen LogP contribution is 2.35. The quantitative estimate of drug-likeness (QED) is 0.270. The van der Waals surface area contributed by atoms with Crippen LogP contribution in [0.3, 0.4) is 0 Å². The molecule has 2 heterocycles. The van der Waals surface area contributed by atoms with Gasteiger partial charge in [0.2, 0.25) is 0 Å². The fraction of sp³-hybridized carbons (Fsp3) is 0.179. The molecule has 35 heavy (non-hydrogen) atoms. The number of aliphatic carboxylic acids is 1. The van der Waals surface area contributed by atoms with Gasteiger partial charge in [0.25, 0.3) is 0 Å². The van der Waals surface area contributed by atoms with E-state index in [1.807, 2.05) is 51.4 Å². The number of benzene rings is 2. The predicted octanol–water partition coefficient (Wildman–Crippen LogP) is 6.35. The van der Waals surface area contributed by atoms with Gasteiger partial charge in [0.1, 0.15) is 5.82 Å². The summed E-state index contributed by atoms with van der Waals surface area (Å²) in [6, 6.07) is 20.0. The zero-order valence-electron chi connectivity index (χ0n) is 20.1. The molecule has 2 N–H and O–H groups in total. The van der Waals surface area contributed by atoms with Crippen LogP contribution in [-0.2, 0) is 17.6 Å². The first kappa shape index (κ1) is 24.2. The molecule has 2 aromatic carbocycles. The monoisotopic (exact) mass is 484 g/mol. The van der Waals surface area contributed by atoms with Gasteiger partial charge in [0.15, 0.2) is 5.82 Å². The number of hydrogen-bond donors (Lipinski definition) is 2. The topological polar surface area (TPSA) is 78.4 Å². The molecule has 2 aromatic heterocycles. The van der Waals surface area contributed by atoms with Crippen molar-refractivity contribution in [2.45, 2.75) is 19.8 Å². The van der Waals surface area contributed by atoms with Crippen molar-refractivity contribution in [2.24, 2.45) is 0 Å². The number of nitrogens with one attached hydrogen (secondary N) is 1. The Hall–Kier alpha value is -3.97. The second-order valence-electron chi connectivity index (χ2n) is 8.45. The summed E-state index contributed by atoms with van der Waals surface area (Å²) in [6.45, 7) is 5.86. The van der Waals surface area contributed by atoms with E-state index in [2.05, 4.69) is 53.2 Å². The number of nitrogens with zero attached hydrogens (tertiary/aromatic N) is 3. The van der Waals surface area contributed by atoms with Crippen molar-refractivity contribution < 1.29 is 9.90 Å². The van der Waals surface area contributed by atoms with E-state index in [1.54, 1.807) is 11.3 Å². The molecule has 0 saturated heterocycles. The first-order valence-corrected chi connectivity index (χ1v) is 12.1. The van der Waals surface area contributed by atoms with Crippen molar-refractivity contribution in [3.05, 3.63) is 90.1 Å². The number of carbonyl (C=O) groups is 1. The summed E-state index contributed by atoms with van der Waals surface area (Å²) in [4.78, 5) is 24.9. The lowest BCUT2D eigenvalue weighted by atomic mass is 10.1. The van der Waals surface area contributed by atoms with Crippen molar-refractivity contribution in [3.8, 4) is 21.1 Å². The normalized spacial score (nSPS) is 10.7. The standard InChI is InChI=1S/C28H28N4O2S/c1-5-6-23-18(2)29-28(31-27(23)30-21-11-7-19(8-12-21)17-26(33)34)25-16-15-24(35-25)20-9-13-22(14-10-20)32(3)4/h5,7-16H,1,6,17H2,2-4H3,(H,33,34)(H,29,30,31). The Morgan fingerprint density at radius 1 is 1.03 bits per heavy atom. The molecular formula is C28H28N4O2S. The molecule has 0 saturated carbocycles. The molecule has 0 fully saturated rings. The maximum Gasteiger partial charge on any atom is 0.307 e. The highest BCUT2D eigenvalue weighted by Gasteiger charge is 2.15. The van der Waals surface area contributed by atoms with Crippen molar-refractivity contribution in [1.82, 2.24) is 9.97 Å². The molecule has 4 aromatic rings. The van der Waals surface area contributed by atoms with E-state index in [4.69, 9.17) is 15.1 Å². The number of allylic oxidation sites excluding steroid dienone is 1. The average Bonchev–Trinajstić information content (AvgIpc) is 3.32. The Bertz CT molecular complexity index is 1340. The summed E-state index contributed by atoms with van der Waals surface area (Å²) in [6.07, 6.45) is 2.48. The van der Waals surface area contributed by atoms with Gasteiger partial charge in [-0.2, -0.15) is 0 Å². The Morgan fingerprint density at radius 2 is 1.71 bits per heavy atom. The Labute approximate surface area is 209 Å². The minimum atomic E-state index is -0.848. The smallest absolute Gasteiger partial charge is 0.307 e. The first-order chi connectivity index (χ1) is 16.8. The molecule has 0 bridgehead atoms. The van der Waals surface area contributed by atoms with E-state index in [0.717, 1.165) is 49.3 Å². The van der Waals surface area contributed by atoms with E-state index >= 15 is 0 Å². The number of thiophene rings is 1. The molecule has 0 spiro atoms. The Kier molecular flexibility index (Phi) is 7.27. The van der Waals surface area contributed by atoms with Crippen LogP contribution < -0.4 is 10.2 Å². The van der Waals surface area contributed by atoms with Crippen LogP contribution in [0, 0.1) is 6.92 Å². The number of carboxylic acids is 1. The van der Waals surface area contributed by atoms with E-state index < -0.39 is 5.97 Å². The summed E-state index contributed by atoms with van der Waals surface area (Å²) in [5, 5.41) is 12.4. The summed E-state index contributed by atoms with van der Waals surface area (Å²) in [7, 11) is 4.06. The van der Waals surface area contributed by atoms with Crippen LogP contribution in [0.1, 0.15) is 16.8 Å². The van der Waals surface area contributed by atoms with Gasteiger partial charge in [-0.25, -0.2) is 9.97 Å². The molecular weight excluding hydrogens is 456 g/mol. The van der Waals surface area contributed by atoms with Gasteiger partial charge in [-0.05, 0) is 60.9 Å². The highest BCUT2D eigenvalue weighted by atomic mass is 32.1. The van der Waals surface area contributed by atoms with Crippen LogP contribution in [0.25, 0.3) is 21.1 Å². The van der Waals surface area contributed by atoms with E-state index in [0.29, 0.717) is 12.2 Å². The van der Waals surface area contributed by atoms with Gasteiger partial charge >= 0.3 is 5.97 Å². The summed E-state index contributed by atoms with van der Waals surface area (Å²) in [5.41, 5.74) is 5.78. The Balaban J connectivity index is 1.64. The molecule has 0 amide bonds. The van der Waals surface area contributed by atoms with E-state index in [-0.39, 0.29) is 6.42 Å². The summed E-state index contributed by atoms with van der Waals surface area (Å²) < 4.78 is 0. The maximum atomic E-state index is 11.0. The third kappa shape index (κ3) is 5.75. The van der Waals surface area contributed by atoms with Gasteiger partial charge in [-0.15, -0.1) is 17.9 Å². The van der Waals surface area contributed by atoms with Crippen molar-refractivity contribution in [3.63, 3.8) is 0 Å². The number of aromatic nitrogens is 2. The lowest BCUT2D eigenvalue weighted by Gasteiger charge is -2.14. The second kappa shape index (κ2) is 10.5. The largest absolute Gasteiger partial charge is 0.481 e. The van der Waals surface area contributed by atoms with Crippen LogP contribution in [0.4, 0.5) is 17.2 Å². The van der Waals surface area contributed by atoms with E-state index in [1.165, 1.54) is 0 Å². The Morgan fingerprint density at radius 3 is 2.34 bits per heavy atom. The van der Waals surface area contributed by atoms with Crippen molar-refractivity contribution in [1.29, 1.82) is 0 Å². The lowest BCUT2D eigenvalue weighted by Crippen LogP contribution is -2.07. The van der Waals surface area contributed by atoms with E-state index in [9.17, 15) is 4.79 Å². The van der Waals surface area contributed by atoms with Crippen LogP contribution in [0.2, 0.25) is 0 Å². The second-order valence-corrected chi connectivity index (χ2v) is 9.53. The number of aryl methyl sites for hydroxylation is 1. The van der Waals surface area contributed by atoms with Gasteiger partial charge in [-0.1, -0.05) is 30.3 Å². The van der Waals surface area contributed by atoms with Crippen LogP contribution >= 0.6 is 11.3 Å². The zero-order chi connectivity index (χ0) is 24.9. The number of anilines is 3. The molecule has 0 aliphatic heterocycles. The molecule has 6 nitrogen and oxygen atoms in total. The number of hydrogen-bond acceptors (Lipinski definition) is 6. The minimum Gasteiger partial charge on any atom is -0.481 e. The fourth-order valence-electron chi connectivity index (χ4n) is 3.75. The van der Waals surface area contributed by atoms with Crippen molar-refractivity contribution in [2.75, 3.05) is 24.3 Å². The van der Waals surface area contributed by atoms with Crippen LogP contribution in [0.5, 0.6) is 0 Å². The molecule has 0 atom stereocenters. The van der Waals surface area contributed by atoms with Gasteiger partial charge in [0.05, 0.1) is 11.3 Å². The number of carboxylic acid groups (broad SMARTS) is 1. The molecule has 4 rings (SSSR count). The third-order valence-corrected chi connectivity index (χ3v) is 6.76. The predicted molar refractivity (Wildman–Crippen MR) is 145 cm³/mol. The van der Waals surface area contributed by atoms with Gasteiger partial charge < -0.3 is 15.3 Å². The van der Waals surface area contributed by atoms with Crippen LogP contribution in [-0.4, -0.2) is 35.1 Å². The molecule has 0 radical (unpaired) electrons. The van der Waals surface area contributed by atoms with Crippen LogP contribution in [0.15, 0.2) is 73.3 Å². The SMILES string of the molecule is C=CCc1c(C)nc(-c2ccc(-c3ccc(N(C)C)cc3)s2)nc1Nc1ccc(CC(=O)O)cc1. The summed E-state index contributed by atoms with van der Waals surface area (Å²) in [5.74, 6) is 0.546. The minimum absolute atomic E-state index is 0.00264. The zero-order valence-corrected chi connectivity index (χ0v) is 20.9. The molecule has 0 unspecified atom stereocenters. The summed E-state index contributed by atoms with van der Waals surface area (Å²) >= 11 is 1.66. The van der Waals surface area contributed by atoms with Crippen molar-refractivity contribution >= 4 is 34.5 Å². The lowest BCUT2D eigenvalue weighted by molar-refractivity contribution is -0.136. The van der Waals surface area contributed by atoms with Gasteiger partial charge in [-0.3, -0.25) is 4.79 Å². The average molecular weight is 485 g/mol. The highest BCUT2D eigenvalue weighted by molar-refractivity contribution is 7.18. The molecule has 7 heteroatoms.